The number of sulfonamides is 1. The minimum Gasteiger partial charge on any atom is -0.480 e. The van der Waals surface area contributed by atoms with Gasteiger partial charge in [0.05, 0.1) is 0 Å². The number of halogens is 1. The summed E-state index contributed by atoms with van der Waals surface area (Å²) in [5.74, 6) is -1.22. The first kappa shape index (κ1) is 15.1. The van der Waals surface area contributed by atoms with E-state index in [1.807, 2.05) is 0 Å². The molecular formula is C8H13BrN4O4S. The highest BCUT2D eigenvalue weighted by molar-refractivity contribution is 9.10. The molecule has 1 aromatic rings. The predicted octanol–water partition coefficient (Wildman–Crippen LogP) is 0.109. The first-order valence-electron chi connectivity index (χ1n) is 5.10. The molecule has 2 N–H and O–H groups in total. The maximum absolute atomic E-state index is 12.0. The quantitative estimate of drug-likeness (QED) is 0.759. The monoisotopic (exact) mass is 340 g/mol. The van der Waals surface area contributed by atoms with Crippen molar-refractivity contribution in [1.82, 2.24) is 19.7 Å². The minimum atomic E-state index is -3.98. The van der Waals surface area contributed by atoms with Gasteiger partial charge in [-0.2, -0.15) is 4.72 Å². The SMILES string of the molecule is CCCC(NS(=O)(=O)c1c(Br)nnn1C)C(=O)O. The molecule has 1 heterocycles. The average Bonchev–Trinajstić information content (AvgIpc) is 2.58. The van der Waals surface area contributed by atoms with Crippen LogP contribution in [0.25, 0.3) is 0 Å². The highest BCUT2D eigenvalue weighted by Crippen LogP contribution is 2.18. The van der Waals surface area contributed by atoms with Crippen molar-refractivity contribution in [2.24, 2.45) is 7.05 Å². The number of aliphatic carboxylic acids is 1. The predicted molar refractivity (Wildman–Crippen MR) is 65.4 cm³/mol. The zero-order valence-corrected chi connectivity index (χ0v) is 12.2. The number of hydrogen-bond donors (Lipinski definition) is 2. The van der Waals surface area contributed by atoms with Crippen molar-refractivity contribution in [3.63, 3.8) is 0 Å². The summed E-state index contributed by atoms with van der Waals surface area (Å²) in [6.45, 7) is 1.77. The largest absolute Gasteiger partial charge is 0.480 e. The molecule has 0 saturated carbocycles. The summed E-state index contributed by atoms with van der Waals surface area (Å²) in [5.41, 5.74) is 0. The standard InChI is InChI=1S/C8H13BrN4O4S/c1-3-4-5(8(14)15)11-18(16,17)7-6(9)10-12-13(7)2/h5,11H,3-4H2,1-2H3,(H,14,15). The van der Waals surface area contributed by atoms with Gasteiger partial charge in [0.1, 0.15) is 6.04 Å². The lowest BCUT2D eigenvalue weighted by Crippen LogP contribution is -2.41. The number of rotatable bonds is 6. The van der Waals surface area contributed by atoms with Crippen LogP contribution in [0.1, 0.15) is 19.8 Å². The molecule has 1 unspecified atom stereocenters. The fraction of sp³-hybridized carbons (Fsp3) is 0.625. The Hall–Kier alpha value is -1.00. The molecule has 1 atom stereocenters. The van der Waals surface area contributed by atoms with Crippen molar-refractivity contribution < 1.29 is 18.3 Å². The second-order valence-electron chi connectivity index (χ2n) is 3.61. The second-order valence-corrected chi connectivity index (χ2v) is 5.99. The van der Waals surface area contributed by atoms with Crippen LogP contribution in [0, 0.1) is 0 Å². The Bertz CT molecular complexity index is 522. The van der Waals surface area contributed by atoms with Crippen LogP contribution in [0.2, 0.25) is 0 Å². The van der Waals surface area contributed by atoms with Gasteiger partial charge >= 0.3 is 5.97 Å². The molecule has 1 aromatic heterocycles. The van der Waals surface area contributed by atoms with Crippen molar-refractivity contribution in [2.75, 3.05) is 0 Å². The molecule has 0 aliphatic heterocycles. The first-order chi connectivity index (χ1) is 8.29. The number of nitrogens with zero attached hydrogens (tertiary/aromatic N) is 3. The highest BCUT2D eigenvalue weighted by atomic mass is 79.9. The number of carboxylic acid groups (broad SMARTS) is 1. The summed E-state index contributed by atoms with van der Waals surface area (Å²) in [6, 6.07) is -1.17. The van der Waals surface area contributed by atoms with Crippen LogP contribution in [0.15, 0.2) is 9.63 Å². The number of nitrogens with one attached hydrogen (secondary N) is 1. The Morgan fingerprint density at radius 1 is 1.61 bits per heavy atom. The molecule has 8 nitrogen and oxygen atoms in total. The Labute approximate surface area is 113 Å². The number of aryl methyl sites for hydroxylation is 1. The summed E-state index contributed by atoms with van der Waals surface area (Å²) in [4.78, 5) is 10.9. The molecule has 1 rings (SSSR count). The van der Waals surface area contributed by atoms with Crippen LogP contribution in [-0.4, -0.2) is 40.5 Å². The highest BCUT2D eigenvalue weighted by Gasteiger charge is 2.29. The van der Waals surface area contributed by atoms with Crippen molar-refractivity contribution in [3.8, 4) is 0 Å². The number of aromatic nitrogens is 3. The molecule has 102 valence electrons. The van der Waals surface area contributed by atoms with Gasteiger partial charge in [-0.15, -0.1) is 5.10 Å². The van der Waals surface area contributed by atoms with Crippen LogP contribution >= 0.6 is 15.9 Å². The van der Waals surface area contributed by atoms with E-state index in [2.05, 4.69) is 31.0 Å². The molecule has 0 saturated heterocycles. The summed E-state index contributed by atoms with van der Waals surface area (Å²) < 4.78 is 27.3. The Kier molecular flexibility index (Phi) is 4.82. The van der Waals surface area contributed by atoms with E-state index < -0.39 is 22.0 Å². The minimum absolute atomic E-state index is 0.0399. The van der Waals surface area contributed by atoms with E-state index >= 15 is 0 Å². The van der Waals surface area contributed by atoms with Crippen molar-refractivity contribution >= 4 is 31.9 Å². The molecule has 10 heteroatoms. The van der Waals surface area contributed by atoms with Gasteiger partial charge in [-0.05, 0) is 22.4 Å². The molecule has 0 fully saturated rings. The van der Waals surface area contributed by atoms with Crippen LogP contribution in [0.3, 0.4) is 0 Å². The van der Waals surface area contributed by atoms with Gasteiger partial charge in [0, 0.05) is 7.05 Å². The lowest BCUT2D eigenvalue weighted by Gasteiger charge is -2.13. The zero-order valence-electron chi connectivity index (χ0n) is 9.79. The van der Waals surface area contributed by atoms with Crippen molar-refractivity contribution in [2.45, 2.75) is 30.8 Å². The molecule has 18 heavy (non-hydrogen) atoms. The maximum atomic E-state index is 12.0. The van der Waals surface area contributed by atoms with Crippen LogP contribution in [0.5, 0.6) is 0 Å². The Balaban J connectivity index is 3.05. The van der Waals surface area contributed by atoms with E-state index in [0.717, 1.165) is 4.68 Å². The van der Waals surface area contributed by atoms with E-state index in [9.17, 15) is 13.2 Å². The van der Waals surface area contributed by atoms with Crippen LogP contribution in [-0.2, 0) is 21.9 Å². The first-order valence-corrected chi connectivity index (χ1v) is 7.37. The van der Waals surface area contributed by atoms with Gasteiger partial charge in [-0.1, -0.05) is 18.6 Å². The number of carbonyl (C=O) groups is 1. The summed E-state index contributed by atoms with van der Waals surface area (Å²) >= 11 is 2.96. The fourth-order valence-electron chi connectivity index (χ4n) is 1.37. The fourth-order valence-corrected chi connectivity index (χ4v) is 3.69. The van der Waals surface area contributed by atoms with Gasteiger partial charge in [0.15, 0.2) is 4.60 Å². The Morgan fingerprint density at radius 3 is 2.61 bits per heavy atom. The molecule has 0 radical (unpaired) electrons. The second kappa shape index (κ2) is 5.76. The molecule has 0 aliphatic carbocycles. The van der Waals surface area contributed by atoms with E-state index in [-0.39, 0.29) is 16.0 Å². The lowest BCUT2D eigenvalue weighted by molar-refractivity contribution is -0.139. The van der Waals surface area contributed by atoms with Gasteiger partial charge in [0.25, 0.3) is 10.0 Å². The molecule has 0 aromatic carbocycles. The number of carboxylic acids is 1. The van der Waals surface area contributed by atoms with Crippen LogP contribution in [0.4, 0.5) is 0 Å². The van der Waals surface area contributed by atoms with E-state index in [4.69, 9.17) is 5.11 Å². The van der Waals surface area contributed by atoms with Crippen molar-refractivity contribution in [3.05, 3.63) is 4.60 Å². The smallest absolute Gasteiger partial charge is 0.321 e. The third kappa shape index (κ3) is 3.27. The topological polar surface area (TPSA) is 114 Å². The average molecular weight is 341 g/mol. The summed E-state index contributed by atoms with van der Waals surface area (Å²) in [7, 11) is -2.58. The molecule has 0 spiro atoms. The molecule has 0 bridgehead atoms. The summed E-state index contributed by atoms with van der Waals surface area (Å²) in [6.07, 6.45) is 0.752. The van der Waals surface area contributed by atoms with Gasteiger partial charge < -0.3 is 5.11 Å². The summed E-state index contributed by atoms with van der Waals surface area (Å²) in [5, 5.41) is 15.8. The molecule has 0 amide bonds. The zero-order chi connectivity index (χ0) is 13.9. The Morgan fingerprint density at radius 2 is 2.22 bits per heavy atom. The third-order valence-electron chi connectivity index (χ3n) is 2.16. The van der Waals surface area contributed by atoms with Crippen molar-refractivity contribution in [1.29, 1.82) is 0 Å². The van der Waals surface area contributed by atoms with Crippen LogP contribution < -0.4 is 4.72 Å². The number of hydrogen-bond acceptors (Lipinski definition) is 5. The molecule has 0 aliphatic rings. The van der Waals surface area contributed by atoms with E-state index in [1.165, 1.54) is 7.05 Å². The van der Waals surface area contributed by atoms with E-state index in [1.54, 1.807) is 6.92 Å². The van der Waals surface area contributed by atoms with Gasteiger partial charge in [-0.25, -0.2) is 13.1 Å². The molecular weight excluding hydrogens is 328 g/mol. The van der Waals surface area contributed by atoms with Gasteiger partial charge in [0.2, 0.25) is 5.03 Å². The normalized spacial score (nSPS) is 13.5. The lowest BCUT2D eigenvalue weighted by atomic mass is 10.2. The maximum Gasteiger partial charge on any atom is 0.321 e. The van der Waals surface area contributed by atoms with Gasteiger partial charge in [-0.3, -0.25) is 4.79 Å². The third-order valence-corrected chi connectivity index (χ3v) is 4.52. The van der Waals surface area contributed by atoms with E-state index in [0.29, 0.717) is 6.42 Å².